The van der Waals surface area contributed by atoms with Gasteiger partial charge in [-0.3, -0.25) is 4.79 Å². The minimum atomic E-state index is -4.70. The van der Waals surface area contributed by atoms with Crippen LogP contribution in [-0.2, 0) is 17.5 Å². The van der Waals surface area contributed by atoms with Gasteiger partial charge in [0.25, 0.3) is 0 Å². The molecule has 2 rings (SSSR count). The Morgan fingerprint density at radius 2 is 2.03 bits per heavy atom. The second-order valence-electron chi connectivity index (χ2n) is 6.11. The Morgan fingerprint density at radius 3 is 2.59 bits per heavy atom. The number of methoxy groups -OCH3 is 1. The molecule has 0 saturated carbocycles. The van der Waals surface area contributed by atoms with E-state index in [9.17, 15) is 22.4 Å². The van der Waals surface area contributed by atoms with Gasteiger partial charge in [-0.15, -0.1) is 0 Å². The number of carbonyl (C=O) groups is 1. The molecule has 0 fully saturated rings. The van der Waals surface area contributed by atoms with Gasteiger partial charge < -0.3 is 9.64 Å². The third kappa shape index (κ3) is 5.60. The highest BCUT2D eigenvalue weighted by Crippen LogP contribution is 2.35. The van der Waals surface area contributed by atoms with Crippen LogP contribution in [0.2, 0.25) is 0 Å². The highest BCUT2D eigenvalue weighted by Gasteiger charge is 2.35. The number of carbonyl (C=O) groups excluding carboxylic acids is 1. The molecule has 0 radical (unpaired) electrons. The third-order valence-corrected chi connectivity index (χ3v) is 4.89. The van der Waals surface area contributed by atoms with Gasteiger partial charge in [-0.25, -0.2) is 9.37 Å². The Bertz CT molecular complexity index is 958. The van der Waals surface area contributed by atoms with Crippen LogP contribution in [0.5, 0.6) is 5.75 Å². The first kappa shape index (κ1) is 22.5. The normalized spacial score (nSPS) is 11.1. The third-order valence-electron chi connectivity index (χ3n) is 3.93. The van der Waals surface area contributed by atoms with Gasteiger partial charge in [0.05, 0.1) is 24.0 Å². The lowest BCUT2D eigenvalue weighted by molar-refractivity contribution is -0.138. The highest BCUT2D eigenvalue weighted by atomic mass is 32.2. The molecule has 0 aliphatic heterocycles. The number of halogens is 4. The number of nitriles is 1. The Kier molecular flexibility index (Phi) is 7.08. The number of nitrogens with zero attached hydrogens (tertiary/aromatic N) is 3. The smallest absolute Gasteiger partial charge is 0.417 e. The molecule has 0 saturated heterocycles. The first-order valence-electron chi connectivity index (χ1n) is 8.25. The van der Waals surface area contributed by atoms with Crippen LogP contribution in [0, 0.1) is 24.1 Å². The second kappa shape index (κ2) is 9.13. The van der Waals surface area contributed by atoms with Crippen LogP contribution in [0.25, 0.3) is 0 Å². The number of aryl methyl sites for hydroxylation is 1. The quantitative estimate of drug-likeness (QED) is 0.511. The highest BCUT2D eigenvalue weighted by molar-refractivity contribution is 8.00. The number of alkyl halides is 3. The monoisotopic (exact) mass is 427 g/mol. The minimum Gasteiger partial charge on any atom is -0.494 e. The summed E-state index contributed by atoms with van der Waals surface area (Å²) in [4.78, 5) is 17.6. The lowest BCUT2D eigenvalue weighted by Gasteiger charge is -2.18. The van der Waals surface area contributed by atoms with E-state index in [-0.39, 0.29) is 28.8 Å². The fourth-order valence-electron chi connectivity index (χ4n) is 2.49. The molecule has 0 aliphatic carbocycles. The van der Waals surface area contributed by atoms with Crippen molar-refractivity contribution in [3.05, 3.63) is 52.5 Å². The van der Waals surface area contributed by atoms with E-state index in [4.69, 9.17) is 10.00 Å². The Labute approximate surface area is 169 Å². The predicted octanol–water partition coefficient (Wildman–Crippen LogP) is 4.18. The molecule has 1 aromatic carbocycles. The van der Waals surface area contributed by atoms with Crippen LogP contribution in [0.3, 0.4) is 0 Å². The number of amides is 1. The predicted molar refractivity (Wildman–Crippen MR) is 98.8 cm³/mol. The standard InChI is InChI=1S/C19H17F4N3O2S/c1-11-6-14(19(21,22)23)13(8-24)18(25-11)29-10-17(27)26(2)9-12-4-5-16(28-3)15(20)7-12/h4-7H,9-10H2,1-3H3. The molecule has 2 aromatic rings. The molecule has 0 unspecified atom stereocenters. The van der Waals surface area contributed by atoms with Crippen molar-refractivity contribution in [2.75, 3.05) is 19.9 Å². The molecule has 154 valence electrons. The molecular formula is C19H17F4N3O2S. The summed E-state index contributed by atoms with van der Waals surface area (Å²) < 4.78 is 58.0. The van der Waals surface area contributed by atoms with E-state index in [0.29, 0.717) is 5.56 Å². The van der Waals surface area contributed by atoms with Crippen LogP contribution in [0.4, 0.5) is 17.6 Å². The van der Waals surface area contributed by atoms with E-state index in [1.807, 2.05) is 0 Å². The molecule has 29 heavy (non-hydrogen) atoms. The van der Waals surface area contributed by atoms with Crippen molar-refractivity contribution in [1.82, 2.24) is 9.88 Å². The fourth-order valence-corrected chi connectivity index (χ4v) is 3.48. The maximum absolute atomic E-state index is 13.8. The molecule has 5 nitrogen and oxygen atoms in total. The van der Waals surface area contributed by atoms with Crippen molar-refractivity contribution in [3.8, 4) is 11.8 Å². The number of hydrogen-bond donors (Lipinski definition) is 0. The maximum atomic E-state index is 13.8. The number of aromatic nitrogens is 1. The van der Waals surface area contributed by atoms with E-state index in [0.717, 1.165) is 17.8 Å². The van der Waals surface area contributed by atoms with E-state index in [2.05, 4.69) is 4.98 Å². The molecule has 0 bridgehead atoms. The maximum Gasteiger partial charge on any atom is 0.417 e. The van der Waals surface area contributed by atoms with Crippen LogP contribution in [0.1, 0.15) is 22.4 Å². The molecule has 1 heterocycles. The number of pyridine rings is 1. The summed E-state index contributed by atoms with van der Waals surface area (Å²) in [6.45, 7) is 1.48. The second-order valence-corrected chi connectivity index (χ2v) is 7.07. The summed E-state index contributed by atoms with van der Waals surface area (Å²) in [6, 6.07) is 6.60. The van der Waals surface area contributed by atoms with Crippen LogP contribution in [-0.4, -0.2) is 35.7 Å². The SMILES string of the molecule is COc1ccc(CN(C)C(=O)CSc2nc(C)cc(C(F)(F)F)c2C#N)cc1F. The van der Waals surface area contributed by atoms with E-state index < -0.39 is 29.0 Å². The minimum absolute atomic E-state index is 0.0771. The van der Waals surface area contributed by atoms with Crippen molar-refractivity contribution >= 4 is 17.7 Å². The summed E-state index contributed by atoms with van der Waals surface area (Å²) in [5.41, 5.74) is -1.08. The van der Waals surface area contributed by atoms with E-state index in [1.165, 1.54) is 44.2 Å². The Hall–Kier alpha value is -2.80. The molecule has 0 spiro atoms. The number of ether oxygens (including phenoxy) is 1. The fraction of sp³-hybridized carbons (Fsp3) is 0.316. The summed E-state index contributed by atoms with van der Waals surface area (Å²) in [6.07, 6.45) is -4.70. The van der Waals surface area contributed by atoms with E-state index in [1.54, 1.807) is 6.07 Å². The summed E-state index contributed by atoms with van der Waals surface area (Å²) in [7, 11) is 2.82. The van der Waals surface area contributed by atoms with Crippen molar-refractivity contribution < 1.29 is 27.1 Å². The molecule has 0 aliphatic rings. The Morgan fingerprint density at radius 1 is 1.34 bits per heavy atom. The number of thioether (sulfide) groups is 1. The lowest BCUT2D eigenvalue weighted by Crippen LogP contribution is -2.28. The van der Waals surface area contributed by atoms with Gasteiger partial charge in [-0.05, 0) is 30.7 Å². The van der Waals surface area contributed by atoms with Crippen molar-refractivity contribution in [1.29, 1.82) is 5.26 Å². The van der Waals surface area contributed by atoms with Gasteiger partial charge >= 0.3 is 6.18 Å². The van der Waals surface area contributed by atoms with Crippen molar-refractivity contribution in [2.24, 2.45) is 0 Å². The zero-order chi connectivity index (χ0) is 21.8. The molecular weight excluding hydrogens is 410 g/mol. The zero-order valence-corrected chi connectivity index (χ0v) is 16.6. The number of rotatable bonds is 6. The molecule has 0 N–H and O–H groups in total. The van der Waals surface area contributed by atoms with Gasteiger partial charge in [-0.2, -0.15) is 18.4 Å². The first-order chi connectivity index (χ1) is 13.6. The Balaban J connectivity index is 2.11. The molecule has 1 aromatic heterocycles. The average Bonchev–Trinajstić information content (AvgIpc) is 2.65. The molecule has 10 heteroatoms. The van der Waals surface area contributed by atoms with Crippen molar-refractivity contribution in [3.63, 3.8) is 0 Å². The van der Waals surface area contributed by atoms with Gasteiger partial charge in [-0.1, -0.05) is 17.8 Å². The van der Waals surface area contributed by atoms with Gasteiger partial charge in [0.15, 0.2) is 11.6 Å². The average molecular weight is 427 g/mol. The van der Waals surface area contributed by atoms with Crippen molar-refractivity contribution in [2.45, 2.75) is 24.7 Å². The van der Waals surface area contributed by atoms with Crippen LogP contribution >= 0.6 is 11.8 Å². The zero-order valence-electron chi connectivity index (χ0n) is 15.8. The molecule has 0 atom stereocenters. The summed E-state index contributed by atoms with van der Waals surface area (Å²) in [5.74, 6) is -1.12. The number of benzene rings is 1. The van der Waals surface area contributed by atoms with Crippen LogP contribution < -0.4 is 4.74 Å². The van der Waals surface area contributed by atoms with Crippen LogP contribution in [0.15, 0.2) is 29.3 Å². The topological polar surface area (TPSA) is 66.2 Å². The lowest BCUT2D eigenvalue weighted by atomic mass is 10.1. The van der Waals surface area contributed by atoms with Gasteiger partial charge in [0.1, 0.15) is 11.1 Å². The summed E-state index contributed by atoms with van der Waals surface area (Å²) >= 11 is 0.753. The summed E-state index contributed by atoms with van der Waals surface area (Å²) in [5, 5.41) is 8.99. The van der Waals surface area contributed by atoms with E-state index >= 15 is 0 Å². The largest absolute Gasteiger partial charge is 0.494 e. The molecule has 1 amide bonds. The number of hydrogen-bond acceptors (Lipinski definition) is 5. The van der Waals surface area contributed by atoms with Gasteiger partial charge in [0.2, 0.25) is 5.91 Å². The van der Waals surface area contributed by atoms with Gasteiger partial charge in [0, 0.05) is 19.3 Å². The first-order valence-corrected chi connectivity index (χ1v) is 9.23.